The third-order valence-electron chi connectivity index (χ3n) is 3.14. The van der Waals surface area contributed by atoms with Gasteiger partial charge in [-0.3, -0.25) is 9.88 Å². The highest BCUT2D eigenvalue weighted by Crippen LogP contribution is 2.11. The lowest BCUT2D eigenvalue weighted by Crippen LogP contribution is -2.32. The fourth-order valence-electron chi connectivity index (χ4n) is 1.55. The number of carboxylic acids is 1. The second kappa shape index (κ2) is 5.77. The highest BCUT2D eigenvalue weighted by Gasteiger charge is 2.13. The Morgan fingerprint density at radius 1 is 1.41 bits per heavy atom. The molecule has 1 heterocycles. The summed E-state index contributed by atoms with van der Waals surface area (Å²) < 4.78 is 0. The van der Waals surface area contributed by atoms with E-state index in [0.29, 0.717) is 12.0 Å². The monoisotopic (exact) mass is 236 g/mol. The second-order valence-electron chi connectivity index (χ2n) is 4.74. The van der Waals surface area contributed by atoms with Gasteiger partial charge in [0, 0.05) is 18.8 Å². The van der Waals surface area contributed by atoms with Crippen molar-refractivity contribution >= 4 is 5.97 Å². The van der Waals surface area contributed by atoms with Crippen LogP contribution in [0.5, 0.6) is 0 Å². The first-order valence-electron chi connectivity index (χ1n) is 5.80. The molecule has 0 aliphatic heterocycles. The summed E-state index contributed by atoms with van der Waals surface area (Å²) in [7, 11) is 2.05. The molecule has 0 fully saturated rings. The minimum atomic E-state index is -0.937. The lowest BCUT2D eigenvalue weighted by molar-refractivity contribution is 0.0696. The van der Waals surface area contributed by atoms with E-state index in [1.54, 1.807) is 12.1 Å². The molecule has 0 saturated heterocycles. The lowest BCUT2D eigenvalue weighted by Gasteiger charge is -2.27. The molecule has 0 aromatic carbocycles. The van der Waals surface area contributed by atoms with E-state index < -0.39 is 5.97 Å². The van der Waals surface area contributed by atoms with E-state index in [4.69, 9.17) is 5.11 Å². The Balaban J connectivity index is 2.66. The van der Waals surface area contributed by atoms with Gasteiger partial charge in [-0.2, -0.15) is 0 Å². The zero-order valence-electron chi connectivity index (χ0n) is 10.8. The summed E-state index contributed by atoms with van der Waals surface area (Å²) in [6.07, 6.45) is 1.41. The predicted molar refractivity (Wildman–Crippen MR) is 67.0 cm³/mol. The number of hydrogen-bond donors (Lipinski definition) is 1. The number of carboxylic acid groups (broad SMARTS) is 1. The molecule has 4 nitrogen and oxygen atoms in total. The highest BCUT2D eigenvalue weighted by molar-refractivity contribution is 5.87. The van der Waals surface area contributed by atoms with Gasteiger partial charge in [-0.25, -0.2) is 4.79 Å². The van der Waals surface area contributed by atoms with Crippen LogP contribution in [0.1, 0.15) is 36.8 Å². The SMILES string of the molecule is CC(C)C(C)N(C)Cc1ccc(C(=O)O)cn1. The van der Waals surface area contributed by atoms with Gasteiger partial charge in [0.15, 0.2) is 0 Å². The maximum atomic E-state index is 10.7. The molecule has 94 valence electrons. The number of aromatic carboxylic acids is 1. The molecular weight excluding hydrogens is 216 g/mol. The van der Waals surface area contributed by atoms with Crippen LogP contribution in [0.3, 0.4) is 0 Å². The van der Waals surface area contributed by atoms with E-state index in [9.17, 15) is 4.79 Å². The number of pyridine rings is 1. The van der Waals surface area contributed by atoms with E-state index in [1.807, 2.05) is 0 Å². The van der Waals surface area contributed by atoms with Crippen molar-refractivity contribution in [1.29, 1.82) is 0 Å². The molecule has 0 radical (unpaired) electrons. The fourth-order valence-corrected chi connectivity index (χ4v) is 1.55. The quantitative estimate of drug-likeness (QED) is 0.852. The third kappa shape index (κ3) is 3.82. The van der Waals surface area contributed by atoms with Crippen LogP contribution in [0.4, 0.5) is 0 Å². The maximum absolute atomic E-state index is 10.7. The van der Waals surface area contributed by atoms with Crippen molar-refractivity contribution in [2.45, 2.75) is 33.4 Å². The Labute approximate surface area is 102 Å². The molecule has 0 amide bonds. The van der Waals surface area contributed by atoms with Crippen LogP contribution in [0.25, 0.3) is 0 Å². The van der Waals surface area contributed by atoms with Crippen molar-refractivity contribution in [2.75, 3.05) is 7.05 Å². The molecule has 1 atom stereocenters. The molecule has 1 unspecified atom stereocenters. The third-order valence-corrected chi connectivity index (χ3v) is 3.14. The molecule has 0 bridgehead atoms. The number of nitrogens with zero attached hydrogens (tertiary/aromatic N) is 2. The Morgan fingerprint density at radius 3 is 2.47 bits per heavy atom. The van der Waals surface area contributed by atoms with Crippen molar-refractivity contribution in [1.82, 2.24) is 9.88 Å². The van der Waals surface area contributed by atoms with Gasteiger partial charge < -0.3 is 5.11 Å². The Hall–Kier alpha value is -1.42. The van der Waals surface area contributed by atoms with Gasteiger partial charge in [0.2, 0.25) is 0 Å². The van der Waals surface area contributed by atoms with Crippen LogP contribution in [-0.4, -0.2) is 34.0 Å². The van der Waals surface area contributed by atoms with Gasteiger partial charge in [0.05, 0.1) is 11.3 Å². The van der Waals surface area contributed by atoms with Crippen molar-refractivity contribution in [3.63, 3.8) is 0 Å². The number of rotatable bonds is 5. The van der Waals surface area contributed by atoms with Crippen LogP contribution >= 0.6 is 0 Å². The fraction of sp³-hybridized carbons (Fsp3) is 0.538. The average molecular weight is 236 g/mol. The Kier molecular flexibility index (Phi) is 4.63. The van der Waals surface area contributed by atoms with Gasteiger partial charge in [0.1, 0.15) is 0 Å². The first kappa shape index (κ1) is 13.6. The number of hydrogen-bond acceptors (Lipinski definition) is 3. The van der Waals surface area contributed by atoms with Gasteiger partial charge >= 0.3 is 5.97 Å². The van der Waals surface area contributed by atoms with Crippen molar-refractivity contribution < 1.29 is 9.90 Å². The summed E-state index contributed by atoms with van der Waals surface area (Å²) in [5, 5.41) is 8.77. The molecule has 0 spiro atoms. The first-order valence-corrected chi connectivity index (χ1v) is 5.80. The molecule has 1 aromatic rings. The molecule has 1 rings (SSSR count). The zero-order chi connectivity index (χ0) is 13.0. The van der Waals surface area contributed by atoms with Crippen molar-refractivity contribution in [2.24, 2.45) is 5.92 Å². The van der Waals surface area contributed by atoms with Gasteiger partial charge in [-0.1, -0.05) is 13.8 Å². The molecule has 0 aliphatic rings. The summed E-state index contributed by atoms with van der Waals surface area (Å²) >= 11 is 0. The smallest absolute Gasteiger partial charge is 0.337 e. The van der Waals surface area contributed by atoms with E-state index >= 15 is 0 Å². The first-order chi connectivity index (χ1) is 7.91. The van der Waals surface area contributed by atoms with Crippen molar-refractivity contribution in [3.05, 3.63) is 29.6 Å². The van der Waals surface area contributed by atoms with Crippen molar-refractivity contribution in [3.8, 4) is 0 Å². The van der Waals surface area contributed by atoms with Crippen LogP contribution in [0, 0.1) is 5.92 Å². The topological polar surface area (TPSA) is 53.4 Å². The summed E-state index contributed by atoms with van der Waals surface area (Å²) in [4.78, 5) is 17.1. The molecule has 17 heavy (non-hydrogen) atoms. The Morgan fingerprint density at radius 2 is 2.06 bits per heavy atom. The number of aromatic nitrogens is 1. The van der Waals surface area contributed by atoms with Crippen LogP contribution < -0.4 is 0 Å². The van der Waals surface area contributed by atoms with E-state index in [-0.39, 0.29) is 5.56 Å². The zero-order valence-corrected chi connectivity index (χ0v) is 10.8. The molecule has 1 N–H and O–H groups in total. The summed E-state index contributed by atoms with van der Waals surface area (Å²) in [6.45, 7) is 7.28. The molecular formula is C13H20N2O2. The normalized spacial score (nSPS) is 13.1. The molecule has 4 heteroatoms. The van der Waals surface area contributed by atoms with E-state index in [2.05, 4.69) is 37.7 Å². The van der Waals surface area contributed by atoms with E-state index in [0.717, 1.165) is 12.2 Å². The summed E-state index contributed by atoms with van der Waals surface area (Å²) in [5.41, 5.74) is 1.12. The Bertz CT molecular complexity index is 374. The summed E-state index contributed by atoms with van der Waals surface area (Å²) in [6, 6.07) is 3.84. The van der Waals surface area contributed by atoms with Gasteiger partial charge in [-0.05, 0) is 32.0 Å². The van der Waals surface area contributed by atoms with Crippen LogP contribution in [-0.2, 0) is 6.54 Å². The largest absolute Gasteiger partial charge is 0.478 e. The van der Waals surface area contributed by atoms with Crippen LogP contribution in [0.15, 0.2) is 18.3 Å². The summed E-state index contributed by atoms with van der Waals surface area (Å²) in [5.74, 6) is -0.355. The molecule has 0 aliphatic carbocycles. The predicted octanol–water partition coefficient (Wildman–Crippen LogP) is 2.26. The minimum absolute atomic E-state index is 0.230. The maximum Gasteiger partial charge on any atom is 0.337 e. The van der Waals surface area contributed by atoms with Gasteiger partial charge in [0.25, 0.3) is 0 Å². The minimum Gasteiger partial charge on any atom is -0.478 e. The molecule has 1 aromatic heterocycles. The van der Waals surface area contributed by atoms with E-state index in [1.165, 1.54) is 6.20 Å². The lowest BCUT2D eigenvalue weighted by atomic mass is 10.1. The van der Waals surface area contributed by atoms with Crippen LogP contribution in [0.2, 0.25) is 0 Å². The second-order valence-corrected chi connectivity index (χ2v) is 4.74. The standard InChI is InChI=1S/C13H20N2O2/c1-9(2)10(3)15(4)8-12-6-5-11(7-14-12)13(16)17/h5-7,9-10H,8H2,1-4H3,(H,16,17). The molecule has 0 saturated carbocycles. The highest BCUT2D eigenvalue weighted by atomic mass is 16.4. The number of carbonyl (C=O) groups is 1. The average Bonchev–Trinajstić information content (AvgIpc) is 2.28. The van der Waals surface area contributed by atoms with Gasteiger partial charge in [-0.15, -0.1) is 0 Å².